The van der Waals surface area contributed by atoms with Crippen LogP contribution in [0.25, 0.3) is 0 Å². The summed E-state index contributed by atoms with van der Waals surface area (Å²) in [6.07, 6.45) is 2.60. The van der Waals surface area contributed by atoms with E-state index in [2.05, 4.69) is 20.4 Å². The molecule has 0 aliphatic carbocycles. The number of hydrogen-bond donors (Lipinski definition) is 0. The molecule has 0 saturated carbocycles. The van der Waals surface area contributed by atoms with Gasteiger partial charge in [-0.1, -0.05) is 0 Å². The summed E-state index contributed by atoms with van der Waals surface area (Å²) in [5.74, 6) is 0. The third-order valence-electron chi connectivity index (χ3n) is 0.204. The van der Waals surface area contributed by atoms with Gasteiger partial charge < -0.3 is 13.8 Å². The molecule has 0 bridgehead atoms. The molecule has 0 nitrogen and oxygen atoms in total. The van der Waals surface area contributed by atoms with Crippen LogP contribution in [0.1, 0.15) is 13.3 Å². The van der Waals surface area contributed by atoms with Crippen molar-refractivity contribution in [3.8, 4) is 0 Å². The summed E-state index contributed by atoms with van der Waals surface area (Å²) in [5.41, 5.74) is 0. The summed E-state index contributed by atoms with van der Waals surface area (Å²) in [4.78, 5) is 0. The summed E-state index contributed by atoms with van der Waals surface area (Å²) in [7, 11) is 0. The van der Waals surface area contributed by atoms with E-state index in [1.807, 2.05) is 0 Å². The van der Waals surface area contributed by atoms with Gasteiger partial charge in [-0.3, -0.25) is 0 Å². The Hall–Kier alpha value is 0.363. The first-order valence-electron chi connectivity index (χ1n) is 2.02. The fourth-order valence-corrected chi connectivity index (χ4v) is 0. The molecule has 0 fully saturated rings. The first-order valence-corrected chi connectivity index (χ1v) is 2.02. The molecule has 0 spiro atoms. The van der Waals surface area contributed by atoms with Crippen molar-refractivity contribution >= 4 is 0 Å². The van der Waals surface area contributed by atoms with Gasteiger partial charge in [0.05, 0.1) is 0 Å². The molecule has 38 valence electrons. The molecule has 0 heterocycles. The largest absolute Gasteiger partial charge is 2.00 e. The quantitative estimate of drug-likeness (QED) is 0.305. The summed E-state index contributed by atoms with van der Waals surface area (Å²) in [6.45, 7) is 11.9. The molecule has 0 aromatic heterocycles. The van der Waals surface area contributed by atoms with Gasteiger partial charge in [0.2, 0.25) is 0 Å². The molecule has 1 heteroatoms. The van der Waals surface area contributed by atoms with Crippen molar-refractivity contribution in [2.45, 2.75) is 13.3 Å². The Balaban J connectivity index is -0.0000000480. The average Bonchev–Trinajstić information content (AvgIpc) is 1.72. The van der Waals surface area contributed by atoms with Crippen LogP contribution in [0.15, 0.2) is 12.7 Å². The van der Waals surface area contributed by atoms with Gasteiger partial charge in [-0.25, -0.2) is 0 Å². The van der Waals surface area contributed by atoms with E-state index in [1.54, 1.807) is 13.0 Å². The predicted molar refractivity (Wildman–Crippen MR) is 31.2 cm³/mol. The van der Waals surface area contributed by atoms with Gasteiger partial charge in [0.25, 0.3) is 0 Å². The fourth-order valence-electron chi connectivity index (χ4n) is 0. The van der Waals surface area contributed by atoms with Crippen LogP contribution in [0.3, 0.4) is 0 Å². The minimum atomic E-state index is 0. The normalized spacial score (nSPS) is 4.43. The molecule has 0 aliphatic rings. The Kier molecular flexibility index (Phi) is 73.3. The summed E-state index contributed by atoms with van der Waals surface area (Å²) >= 11 is 0. The number of rotatable bonds is 1. The van der Waals surface area contributed by atoms with Crippen molar-refractivity contribution < 1.29 is 19.5 Å². The SMILES string of the molecule is C=CC[CH2-].[CH2-]C.[Zn+2]. The van der Waals surface area contributed by atoms with Crippen LogP contribution >= 0.6 is 0 Å². The molecule has 0 aromatic carbocycles. The van der Waals surface area contributed by atoms with E-state index in [0.29, 0.717) is 0 Å². The van der Waals surface area contributed by atoms with Gasteiger partial charge in [-0.15, -0.1) is 12.7 Å². The van der Waals surface area contributed by atoms with Crippen molar-refractivity contribution in [2.24, 2.45) is 0 Å². The first-order chi connectivity index (χ1) is 2.91. The van der Waals surface area contributed by atoms with Crippen LogP contribution in [0.2, 0.25) is 0 Å². The van der Waals surface area contributed by atoms with E-state index in [9.17, 15) is 0 Å². The summed E-state index contributed by atoms with van der Waals surface area (Å²) in [5, 5.41) is 0. The molecule has 0 aliphatic heterocycles. The third kappa shape index (κ3) is 65.2. The van der Waals surface area contributed by atoms with Crippen molar-refractivity contribution in [1.82, 2.24) is 0 Å². The Morgan fingerprint density at radius 3 is 1.71 bits per heavy atom. The fraction of sp³-hybridized carbons (Fsp3) is 0.333. The molecular weight excluding hydrogens is 137 g/mol. The van der Waals surface area contributed by atoms with Crippen LogP contribution < -0.4 is 0 Å². The van der Waals surface area contributed by atoms with E-state index < -0.39 is 0 Å². The summed E-state index contributed by atoms with van der Waals surface area (Å²) in [6, 6.07) is 0. The van der Waals surface area contributed by atoms with Crippen molar-refractivity contribution in [3.05, 3.63) is 26.5 Å². The second-order valence-electron chi connectivity index (χ2n) is 0.577. The maximum absolute atomic E-state index is 3.49. The Morgan fingerprint density at radius 2 is 1.71 bits per heavy atom. The van der Waals surface area contributed by atoms with Gasteiger partial charge in [-0.2, -0.15) is 13.3 Å². The smallest absolute Gasteiger partial charge is 0.346 e. The number of hydrogen-bond acceptors (Lipinski definition) is 0. The second kappa shape index (κ2) is 32.8. The second-order valence-corrected chi connectivity index (χ2v) is 0.577. The maximum Gasteiger partial charge on any atom is 2.00 e. The molecule has 0 aromatic rings. The van der Waals surface area contributed by atoms with E-state index >= 15 is 0 Å². The molecule has 0 radical (unpaired) electrons. The zero-order valence-electron chi connectivity index (χ0n) is 5.11. The van der Waals surface area contributed by atoms with Gasteiger partial charge in [0.15, 0.2) is 0 Å². The Morgan fingerprint density at radius 1 is 1.57 bits per heavy atom. The van der Waals surface area contributed by atoms with Gasteiger partial charge in [0.1, 0.15) is 0 Å². The molecule has 0 saturated heterocycles. The zero-order valence-corrected chi connectivity index (χ0v) is 8.08. The number of allylic oxidation sites excluding steroid dienone is 1. The third-order valence-corrected chi connectivity index (χ3v) is 0.204. The standard InChI is InChI=1S/C4H7.C2H5.Zn/c1-3-4-2;1-2;/h3H,1-2,4H2;1H2,2H3;/q2*-1;+2. The minimum absolute atomic E-state index is 0. The Labute approximate surface area is 59.8 Å². The van der Waals surface area contributed by atoms with Gasteiger partial charge >= 0.3 is 19.5 Å². The first kappa shape index (κ1) is 15.7. The van der Waals surface area contributed by atoms with Crippen LogP contribution in [0, 0.1) is 13.8 Å². The maximum atomic E-state index is 3.49. The van der Waals surface area contributed by atoms with Crippen LogP contribution in [0.5, 0.6) is 0 Å². The monoisotopic (exact) mass is 148 g/mol. The predicted octanol–water partition coefficient (Wildman–Crippen LogP) is 2.23. The molecule has 7 heavy (non-hydrogen) atoms. The minimum Gasteiger partial charge on any atom is -0.346 e. The molecule has 0 rings (SSSR count). The van der Waals surface area contributed by atoms with Crippen LogP contribution in [-0.2, 0) is 19.5 Å². The van der Waals surface area contributed by atoms with Crippen LogP contribution in [-0.4, -0.2) is 0 Å². The topological polar surface area (TPSA) is 0 Å². The van der Waals surface area contributed by atoms with Gasteiger partial charge in [-0.05, 0) is 0 Å². The van der Waals surface area contributed by atoms with Crippen LogP contribution in [0.4, 0.5) is 0 Å². The Bertz CT molecular complexity index is 18.1. The van der Waals surface area contributed by atoms with E-state index in [1.165, 1.54) is 0 Å². The van der Waals surface area contributed by atoms with Crippen molar-refractivity contribution in [3.63, 3.8) is 0 Å². The van der Waals surface area contributed by atoms with E-state index in [-0.39, 0.29) is 19.5 Å². The molecule has 0 N–H and O–H groups in total. The van der Waals surface area contributed by atoms with Crippen molar-refractivity contribution in [1.29, 1.82) is 0 Å². The van der Waals surface area contributed by atoms with Crippen molar-refractivity contribution in [2.75, 3.05) is 0 Å². The summed E-state index contributed by atoms with van der Waals surface area (Å²) < 4.78 is 0. The van der Waals surface area contributed by atoms with E-state index in [4.69, 9.17) is 0 Å². The molecule has 0 amide bonds. The zero-order chi connectivity index (χ0) is 5.41. The molecular formula is C6H12Zn. The van der Waals surface area contributed by atoms with E-state index in [0.717, 1.165) is 6.42 Å². The molecule has 0 atom stereocenters. The van der Waals surface area contributed by atoms with Gasteiger partial charge in [0, 0.05) is 0 Å². The average molecular weight is 150 g/mol. The molecule has 0 unspecified atom stereocenters.